The largest absolute Gasteiger partial charge is 0.337 e. The first kappa shape index (κ1) is 18.4. The van der Waals surface area contributed by atoms with E-state index in [0.29, 0.717) is 18.3 Å². The summed E-state index contributed by atoms with van der Waals surface area (Å²) < 4.78 is 5.17. The molecule has 3 rings (SSSR count). The molecule has 1 aromatic carbocycles. The lowest BCUT2D eigenvalue weighted by molar-refractivity contribution is 0.149. The predicted molar refractivity (Wildman–Crippen MR) is 99.5 cm³/mol. The van der Waals surface area contributed by atoms with Gasteiger partial charge in [0.15, 0.2) is 5.82 Å². The fraction of sp³-hybridized carbons (Fsp3) is 0.550. The third-order valence-corrected chi connectivity index (χ3v) is 5.10. The molecule has 0 radical (unpaired) electrons. The second kappa shape index (κ2) is 8.83. The van der Waals surface area contributed by atoms with Gasteiger partial charge >= 0.3 is 6.03 Å². The number of nitrogens with one attached hydrogen (secondary N) is 1. The van der Waals surface area contributed by atoms with Crippen molar-refractivity contribution in [2.45, 2.75) is 71.5 Å². The third kappa shape index (κ3) is 4.62. The summed E-state index contributed by atoms with van der Waals surface area (Å²) in [6.45, 7) is 4.97. The van der Waals surface area contributed by atoms with Gasteiger partial charge in [0.25, 0.3) is 0 Å². The predicted octanol–water partition coefficient (Wildman–Crippen LogP) is 3.98. The van der Waals surface area contributed by atoms with Crippen LogP contribution in [0.1, 0.15) is 61.9 Å². The van der Waals surface area contributed by atoms with E-state index in [0.717, 1.165) is 19.3 Å². The van der Waals surface area contributed by atoms with Crippen molar-refractivity contribution in [1.82, 2.24) is 20.4 Å². The monoisotopic (exact) mass is 356 g/mol. The van der Waals surface area contributed by atoms with Crippen LogP contribution in [0.25, 0.3) is 0 Å². The zero-order valence-corrected chi connectivity index (χ0v) is 15.7. The van der Waals surface area contributed by atoms with Gasteiger partial charge in [0.05, 0.1) is 6.54 Å². The summed E-state index contributed by atoms with van der Waals surface area (Å²) in [6.07, 6.45) is 6.49. The molecule has 1 aliphatic rings. The Bertz CT molecular complexity index is 722. The molecule has 0 saturated heterocycles. The van der Waals surface area contributed by atoms with Crippen molar-refractivity contribution in [2.75, 3.05) is 0 Å². The fourth-order valence-electron chi connectivity index (χ4n) is 3.49. The first-order chi connectivity index (χ1) is 12.7. The molecule has 0 bridgehead atoms. The minimum absolute atomic E-state index is 0.0589. The van der Waals surface area contributed by atoms with Crippen LogP contribution in [0.3, 0.4) is 0 Å². The topological polar surface area (TPSA) is 71.3 Å². The molecular formula is C20H28N4O2. The highest BCUT2D eigenvalue weighted by molar-refractivity contribution is 5.74. The average Bonchev–Trinajstić information content (AvgIpc) is 3.14. The SMILES string of the molecule is CCc1noc(CNC(=O)N(Cc2ccccc2C)C2CCCCC2)n1. The van der Waals surface area contributed by atoms with Crippen LogP contribution < -0.4 is 5.32 Å². The summed E-state index contributed by atoms with van der Waals surface area (Å²) in [7, 11) is 0. The molecule has 1 aliphatic carbocycles. The number of amides is 2. The van der Waals surface area contributed by atoms with E-state index in [-0.39, 0.29) is 18.6 Å². The molecule has 0 aliphatic heterocycles. The number of hydrogen-bond donors (Lipinski definition) is 1. The molecule has 6 nitrogen and oxygen atoms in total. The maximum Gasteiger partial charge on any atom is 0.318 e. The Balaban J connectivity index is 1.69. The molecule has 26 heavy (non-hydrogen) atoms. The Hall–Kier alpha value is -2.37. The summed E-state index contributed by atoms with van der Waals surface area (Å²) in [5, 5.41) is 6.84. The molecule has 6 heteroatoms. The van der Waals surface area contributed by atoms with Gasteiger partial charge in [0, 0.05) is 19.0 Å². The van der Waals surface area contributed by atoms with E-state index in [1.807, 2.05) is 24.0 Å². The molecule has 0 atom stereocenters. The number of aromatic nitrogens is 2. The van der Waals surface area contributed by atoms with E-state index >= 15 is 0 Å². The van der Waals surface area contributed by atoms with Gasteiger partial charge in [-0.25, -0.2) is 4.79 Å². The molecule has 1 N–H and O–H groups in total. The van der Waals surface area contributed by atoms with E-state index in [4.69, 9.17) is 4.52 Å². The maximum atomic E-state index is 12.9. The van der Waals surface area contributed by atoms with Crippen LogP contribution in [0.4, 0.5) is 4.79 Å². The van der Waals surface area contributed by atoms with Crippen LogP contribution in [0, 0.1) is 6.92 Å². The Labute approximate surface area is 155 Å². The first-order valence-electron chi connectivity index (χ1n) is 9.57. The van der Waals surface area contributed by atoms with Crippen molar-refractivity contribution >= 4 is 6.03 Å². The first-order valence-corrected chi connectivity index (χ1v) is 9.57. The van der Waals surface area contributed by atoms with E-state index in [1.54, 1.807) is 0 Å². The highest BCUT2D eigenvalue weighted by Crippen LogP contribution is 2.25. The second-order valence-electron chi connectivity index (χ2n) is 6.96. The van der Waals surface area contributed by atoms with Crippen LogP contribution in [0.5, 0.6) is 0 Å². The van der Waals surface area contributed by atoms with Crippen LogP contribution in [-0.4, -0.2) is 27.1 Å². The number of nitrogens with zero attached hydrogens (tertiary/aromatic N) is 3. The molecule has 1 fully saturated rings. The Kier molecular flexibility index (Phi) is 6.26. The normalized spacial score (nSPS) is 15.0. The number of carbonyl (C=O) groups excluding carboxylic acids is 1. The summed E-state index contributed by atoms with van der Waals surface area (Å²) in [4.78, 5) is 19.2. The van der Waals surface area contributed by atoms with E-state index < -0.39 is 0 Å². The van der Waals surface area contributed by atoms with Gasteiger partial charge in [-0.1, -0.05) is 55.6 Å². The molecule has 1 saturated carbocycles. The standard InChI is InChI=1S/C20H28N4O2/c1-3-18-22-19(26-23-18)13-21-20(25)24(17-11-5-4-6-12-17)14-16-10-8-7-9-15(16)2/h7-10,17H,3-6,11-14H2,1-2H3,(H,21,25). The molecule has 0 spiro atoms. The van der Waals surface area contributed by atoms with E-state index in [2.05, 4.69) is 34.5 Å². The zero-order chi connectivity index (χ0) is 18.4. The number of urea groups is 1. The lowest BCUT2D eigenvalue weighted by Crippen LogP contribution is -2.46. The number of rotatable bonds is 6. The lowest BCUT2D eigenvalue weighted by Gasteiger charge is -2.34. The third-order valence-electron chi connectivity index (χ3n) is 5.10. The van der Waals surface area contributed by atoms with Gasteiger partial charge in [0.1, 0.15) is 0 Å². The van der Waals surface area contributed by atoms with E-state index in [9.17, 15) is 4.79 Å². The summed E-state index contributed by atoms with van der Waals surface area (Å²) in [5.41, 5.74) is 2.41. The van der Waals surface area contributed by atoms with Gasteiger partial charge in [-0.05, 0) is 30.9 Å². The molecule has 0 unspecified atom stereocenters. The van der Waals surface area contributed by atoms with Crippen LogP contribution in [0.15, 0.2) is 28.8 Å². The maximum absolute atomic E-state index is 12.9. The van der Waals surface area contributed by atoms with Crippen LogP contribution >= 0.6 is 0 Å². The number of aryl methyl sites for hydroxylation is 2. The summed E-state index contributed by atoms with van der Waals surface area (Å²) >= 11 is 0. The zero-order valence-electron chi connectivity index (χ0n) is 15.7. The van der Waals surface area contributed by atoms with E-state index in [1.165, 1.54) is 30.4 Å². The smallest absolute Gasteiger partial charge is 0.318 e. The van der Waals surface area contributed by atoms with Crippen molar-refractivity contribution in [1.29, 1.82) is 0 Å². The van der Waals surface area contributed by atoms with Crippen molar-refractivity contribution in [2.24, 2.45) is 0 Å². The van der Waals surface area contributed by atoms with Crippen LogP contribution in [-0.2, 0) is 19.5 Å². The highest BCUT2D eigenvalue weighted by Gasteiger charge is 2.26. The summed E-state index contributed by atoms with van der Waals surface area (Å²) in [6, 6.07) is 8.49. The Morgan fingerprint density at radius 2 is 2.04 bits per heavy atom. The molecule has 2 amide bonds. The molecular weight excluding hydrogens is 328 g/mol. The minimum atomic E-state index is -0.0589. The van der Waals surface area contributed by atoms with Gasteiger partial charge < -0.3 is 14.7 Å². The quantitative estimate of drug-likeness (QED) is 0.850. The van der Waals surface area contributed by atoms with Crippen LogP contribution in [0.2, 0.25) is 0 Å². The second-order valence-corrected chi connectivity index (χ2v) is 6.96. The average molecular weight is 356 g/mol. The van der Waals surface area contributed by atoms with Gasteiger partial charge in [-0.3, -0.25) is 0 Å². The number of hydrogen-bond acceptors (Lipinski definition) is 4. The number of carbonyl (C=O) groups is 1. The number of benzene rings is 1. The fourth-order valence-corrected chi connectivity index (χ4v) is 3.49. The molecule has 1 aromatic heterocycles. The molecule has 2 aromatic rings. The van der Waals surface area contributed by atoms with Crippen molar-refractivity contribution in [3.8, 4) is 0 Å². The minimum Gasteiger partial charge on any atom is -0.337 e. The Morgan fingerprint density at radius 3 is 2.73 bits per heavy atom. The lowest BCUT2D eigenvalue weighted by atomic mass is 9.93. The van der Waals surface area contributed by atoms with Crippen molar-refractivity contribution in [3.05, 3.63) is 47.1 Å². The molecule has 1 heterocycles. The van der Waals surface area contributed by atoms with Crippen molar-refractivity contribution < 1.29 is 9.32 Å². The highest BCUT2D eigenvalue weighted by atomic mass is 16.5. The van der Waals surface area contributed by atoms with Crippen molar-refractivity contribution in [3.63, 3.8) is 0 Å². The van der Waals surface area contributed by atoms with Gasteiger partial charge in [0.2, 0.25) is 5.89 Å². The molecule has 140 valence electrons. The van der Waals surface area contributed by atoms with Gasteiger partial charge in [-0.2, -0.15) is 4.98 Å². The van der Waals surface area contributed by atoms with Gasteiger partial charge in [-0.15, -0.1) is 0 Å². The Morgan fingerprint density at radius 1 is 1.27 bits per heavy atom. The summed E-state index contributed by atoms with van der Waals surface area (Å²) in [5.74, 6) is 1.12.